The molecule has 0 aromatic rings. The molecule has 0 N–H and O–H groups in total. The Hall–Kier alpha value is 0.790. The van der Waals surface area contributed by atoms with E-state index in [-0.39, 0.29) is 11.5 Å². The lowest BCUT2D eigenvalue weighted by atomic mass is 9.97. The van der Waals surface area contributed by atoms with Crippen LogP contribution in [0.3, 0.4) is 0 Å². The van der Waals surface area contributed by atoms with Crippen LogP contribution in [0.15, 0.2) is 0 Å². The molecule has 0 radical (unpaired) electrons. The minimum Gasteiger partial charge on any atom is -0.378 e. The molecule has 1 heterocycles. The second-order valence-corrected chi connectivity index (χ2v) is 4.17. The van der Waals surface area contributed by atoms with Crippen LogP contribution in [-0.4, -0.2) is 43.6 Å². The third-order valence-corrected chi connectivity index (χ3v) is 3.67. The first-order valence-corrected chi connectivity index (χ1v) is 5.74. The van der Waals surface area contributed by atoms with Gasteiger partial charge in [0, 0.05) is 23.1 Å². The summed E-state index contributed by atoms with van der Waals surface area (Å²) in [5.41, 5.74) is -0.292. The zero-order chi connectivity index (χ0) is 9.73. The second kappa shape index (κ2) is 5.62. The molecule has 13 heavy (non-hydrogen) atoms. The smallest absolute Gasteiger partial charge is 0.104 e. The summed E-state index contributed by atoms with van der Waals surface area (Å²) in [6.07, 6.45) is 0.277. The predicted octanol–water partition coefficient (Wildman–Crippen LogP) is 2.10. The Morgan fingerprint density at radius 3 is 2.15 bits per heavy atom. The van der Waals surface area contributed by atoms with E-state index >= 15 is 0 Å². The number of hydrogen-bond acceptors (Lipinski definition) is 2. The molecule has 2 nitrogen and oxygen atoms in total. The summed E-state index contributed by atoms with van der Waals surface area (Å²) >= 11 is 17.3. The van der Waals surface area contributed by atoms with E-state index in [2.05, 4.69) is 0 Å². The first-order valence-electron chi connectivity index (χ1n) is 4.13. The highest BCUT2D eigenvalue weighted by Crippen LogP contribution is 2.24. The molecular weight excluding hydrogens is 234 g/mol. The van der Waals surface area contributed by atoms with Gasteiger partial charge in [-0.2, -0.15) is 0 Å². The van der Waals surface area contributed by atoms with Gasteiger partial charge in [-0.3, -0.25) is 0 Å². The molecule has 1 atom stereocenters. The summed E-state index contributed by atoms with van der Waals surface area (Å²) in [6.45, 7) is 1.92. The molecule has 1 unspecified atom stereocenters. The van der Waals surface area contributed by atoms with Gasteiger partial charge in [-0.15, -0.1) is 34.8 Å². The summed E-state index contributed by atoms with van der Waals surface area (Å²) in [5.74, 6) is 1.27. The van der Waals surface area contributed by atoms with Crippen molar-refractivity contribution in [2.24, 2.45) is 5.41 Å². The van der Waals surface area contributed by atoms with Crippen molar-refractivity contribution >= 4 is 34.8 Å². The van der Waals surface area contributed by atoms with Gasteiger partial charge in [0.1, 0.15) is 6.10 Å². The monoisotopic (exact) mass is 246 g/mol. The van der Waals surface area contributed by atoms with Crippen molar-refractivity contribution in [3.05, 3.63) is 0 Å². The van der Waals surface area contributed by atoms with Gasteiger partial charge in [0.2, 0.25) is 0 Å². The molecule has 1 rings (SSSR count). The quantitative estimate of drug-likeness (QED) is 0.508. The molecule has 5 heteroatoms. The van der Waals surface area contributed by atoms with Crippen molar-refractivity contribution in [1.82, 2.24) is 0 Å². The van der Waals surface area contributed by atoms with Gasteiger partial charge in [0.15, 0.2) is 0 Å². The van der Waals surface area contributed by atoms with E-state index in [9.17, 15) is 0 Å². The molecule has 1 aliphatic heterocycles. The first kappa shape index (κ1) is 11.9. The largest absolute Gasteiger partial charge is 0.378 e. The van der Waals surface area contributed by atoms with E-state index in [1.54, 1.807) is 0 Å². The van der Waals surface area contributed by atoms with Crippen molar-refractivity contribution in [3.63, 3.8) is 0 Å². The molecule has 0 aromatic carbocycles. The van der Waals surface area contributed by atoms with Gasteiger partial charge >= 0.3 is 0 Å². The Balaban J connectivity index is 2.19. The summed E-state index contributed by atoms with van der Waals surface area (Å²) in [4.78, 5) is 0. The molecular formula is C8H13Cl3O2. The third-order valence-electron chi connectivity index (χ3n) is 1.96. The van der Waals surface area contributed by atoms with Crippen LogP contribution >= 0.6 is 34.8 Å². The molecule has 0 spiro atoms. The van der Waals surface area contributed by atoms with Crippen LogP contribution < -0.4 is 0 Å². The van der Waals surface area contributed by atoms with Crippen LogP contribution in [-0.2, 0) is 9.47 Å². The fourth-order valence-electron chi connectivity index (χ4n) is 0.794. The van der Waals surface area contributed by atoms with Gasteiger partial charge in [0.05, 0.1) is 19.8 Å². The molecule has 1 fully saturated rings. The van der Waals surface area contributed by atoms with E-state index in [1.165, 1.54) is 0 Å². The number of ether oxygens (including phenoxy) is 2. The summed E-state index contributed by atoms with van der Waals surface area (Å²) in [7, 11) is 0. The summed E-state index contributed by atoms with van der Waals surface area (Å²) in [5, 5.41) is 0. The van der Waals surface area contributed by atoms with Crippen molar-refractivity contribution in [2.75, 3.05) is 37.5 Å². The molecule has 0 aromatic heterocycles. The molecule has 0 amide bonds. The zero-order valence-electron chi connectivity index (χ0n) is 7.27. The molecule has 1 saturated heterocycles. The van der Waals surface area contributed by atoms with Crippen LogP contribution in [0, 0.1) is 5.41 Å². The predicted molar refractivity (Wildman–Crippen MR) is 55.2 cm³/mol. The number of hydrogen-bond donors (Lipinski definition) is 0. The minimum absolute atomic E-state index is 0.277. The van der Waals surface area contributed by atoms with E-state index in [1.807, 2.05) is 0 Å². The van der Waals surface area contributed by atoms with Crippen LogP contribution in [0.2, 0.25) is 0 Å². The number of alkyl halides is 3. The average molecular weight is 248 g/mol. The highest BCUT2D eigenvalue weighted by molar-refractivity contribution is 6.24. The third kappa shape index (κ3) is 3.80. The normalized spacial score (nSPS) is 21.9. The Morgan fingerprint density at radius 1 is 1.23 bits per heavy atom. The van der Waals surface area contributed by atoms with Crippen molar-refractivity contribution in [3.8, 4) is 0 Å². The number of halogens is 3. The van der Waals surface area contributed by atoms with Gasteiger partial charge in [0.25, 0.3) is 0 Å². The van der Waals surface area contributed by atoms with Crippen LogP contribution in [0.1, 0.15) is 0 Å². The Labute approximate surface area is 93.4 Å². The van der Waals surface area contributed by atoms with Crippen LogP contribution in [0.5, 0.6) is 0 Å². The average Bonchev–Trinajstić information content (AvgIpc) is 2.97. The topological polar surface area (TPSA) is 21.8 Å². The molecule has 0 bridgehead atoms. The first-order chi connectivity index (χ1) is 6.26. The lowest BCUT2D eigenvalue weighted by Gasteiger charge is -2.26. The highest BCUT2D eigenvalue weighted by atomic mass is 35.5. The maximum absolute atomic E-state index is 5.78. The highest BCUT2D eigenvalue weighted by Gasteiger charge is 2.30. The van der Waals surface area contributed by atoms with E-state index in [0.717, 1.165) is 6.61 Å². The zero-order valence-corrected chi connectivity index (χ0v) is 9.54. The molecule has 78 valence electrons. The second-order valence-electron chi connectivity index (χ2n) is 3.37. The number of epoxide rings is 1. The lowest BCUT2D eigenvalue weighted by molar-refractivity contribution is 0.0649. The maximum Gasteiger partial charge on any atom is 0.104 e. The standard InChI is InChI=1S/C8H13Cl3O2/c9-3-8(4-10,5-11)6-12-1-7-2-13-7/h7H,1-6H2. The van der Waals surface area contributed by atoms with Crippen molar-refractivity contribution < 1.29 is 9.47 Å². The molecule has 1 aliphatic rings. The van der Waals surface area contributed by atoms with Crippen LogP contribution in [0.25, 0.3) is 0 Å². The Kier molecular flexibility index (Phi) is 5.13. The van der Waals surface area contributed by atoms with Crippen molar-refractivity contribution in [1.29, 1.82) is 0 Å². The van der Waals surface area contributed by atoms with E-state index in [4.69, 9.17) is 44.3 Å². The summed E-state index contributed by atoms with van der Waals surface area (Å²) < 4.78 is 10.4. The van der Waals surface area contributed by atoms with E-state index in [0.29, 0.717) is 30.9 Å². The van der Waals surface area contributed by atoms with Crippen LogP contribution in [0.4, 0.5) is 0 Å². The van der Waals surface area contributed by atoms with Gasteiger partial charge < -0.3 is 9.47 Å². The van der Waals surface area contributed by atoms with Gasteiger partial charge in [-0.1, -0.05) is 0 Å². The summed E-state index contributed by atoms with van der Waals surface area (Å²) in [6, 6.07) is 0. The van der Waals surface area contributed by atoms with Crippen molar-refractivity contribution in [2.45, 2.75) is 6.10 Å². The lowest BCUT2D eigenvalue weighted by Crippen LogP contribution is -2.33. The van der Waals surface area contributed by atoms with E-state index < -0.39 is 0 Å². The van der Waals surface area contributed by atoms with Gasteiger partial charge in [-0.05, 0) is 0 Å². The fraction of sp³-hybridized carbons (Fsp3) is 1.00. The SMILES string of the molecule is ClCC(CCl)(CCl)COCC1CO1. The Morgan fingerprint density at radius 2 is 1.77 bits per heavy atom. The Bertz CT molecular complexity index is 138. The minimum atomic E-state index is -0.292. The maximum atomic E-state index is 5.78. The number of rotatable bonds is 7. The molecule has 0 aliphatic carbocycles. The fourth-order valence-corrected chi connectivity index (χ4v) is 1.88. The molecule has 0 saturated carbocycles. The van der Waals surface area contributed by atoms with Gasteiger partial charge in [-0.25, -0.2) is 0 Å².